The smallest absolute Gasteiger partial charge is 0.414 e. The maximum atomic E-state index is 12.4. The van der Waals surface area contributed by atoms with E-state index in [1.165, 1.54) is 11.0 Å². The lowest BCUT2D eigenvalue weighted by atomic mass is 10.0. The number of amidine groups is 1. The third-order valence-corrected chi connectivity index (χ3v) is 5.42. The van der Waals surface area contributed by atoms with E-state index >= 15 is 0 Å². The summed E-state index contributed by atoms with van der Waals surface area (Å²) >= 11 is 11.1. The van der Waals surface area contributed by atoms with Gasteiger partial charge in [-0.3, -0.25) is 14.7 Å². The Morgan fingerprint density at radius 2 is 2.03 bits per heavy atom. The minimum absolute atomic E-state index is 0.0480. The molecule has 12 heteroatoms. The third-order valence-electron chi connectivity index (χ3n) is 4.77. The van der Waals surface area contributed by atoms with Crippen molar-refractivity contribution in [3.8, 4) is 0 Å². The van der Waals surface area contributed by atoms with Crippen molar-refractivity contribution in [3.05, 3.63) is 52.6 Å². The molecule has 2 amide bonds. The van der Waals surface area contributed by atoms with E-state index in [4.69, 9.17) is 34.3 Å². The molecule has 1 aliphatic carbocycles. The Hall–Kier alpha value is -2.92. The maximum Gasteiger partial charge on any atom is 0.414 e. The van der Waals surface area contributed by atoms with Crippen molar-refractivity contribution in [2.75, 3.05) is 24.5 Å². The predicted molar refractivity (Wildman–Crippen MR) is 123 cm³/mol. The normalized spacial score (nSPS) is 19.2. The molecule has 1 unspecified atom stereocenters. The molecule has 1 heterocycles. The van der Waals surface area contributed by atoms with Gasteiger partial charge in [-0.1, -0.05) is 42.0 Å². The fourth-order valence-electron chi connectivity index (χ4n) is 3.16. The minimum atomic E-state index is -4.41. The number of alkyl halides is 3. The molecule has 2 aliphatic rings. The molecule has 1 aromatic carbocycles. The zero-order chi connectivity index (χ0) is 24.2. The second kappa shape index (κ2) is 10.3. The van der Waals surface area contributed by atoms with Crippen LogP contribution in [-0.2, 0) is 16.0 Å². The topological polar surface area (TPSA) is 97.0 Å². The first-order valence-corrected chi connectivity index (χ1v) is 10.6. The molecule has 1 aliphatic heterocycles. The first-order valence-electron chi connectivity index (χ1n) is 9.83. The van der Waals surface area contributed by atoms with Crippen molar-refractivity contribution in [2.45, 2.75) is 25.1 Å². The van der Waals surface area contributed by atoms with Gasteiger partial charge in [0.05, 0.1) is 24.5 Å². The van der Waals surface area contributed by atoms with E-state index in [0.717, 1.165) is 0 Å². The summed E-state index contributed by atoms with van der Waals surface area (Å²) in [6, 6.07) is 6.55. The summed E-state index contributed by atoms with van der Waals surface area (Å²) < 4.78 is 42.0. The van der Waals surface area contributed by atoms with Crippen molar-refractivity contribution in [1.29, 1.82) is 0 Å². The van der Waals surface area contributed by atoms with Crippen LogP contribution in [0.2, 0.25) is 0 Å². The number of amides is 2. The minimum Gasteiger partial charge on any atom is -0.442 e. The number of rotatable bonds is 7. The number of cyclic esters (lactones) is 1. The lowest BCUT2D eigenvalue weighted by Crippen LogP contribution is -2.36. The van der Waals surface area contributed by atoms with Crippen LogP contribution in [0, 0.1) is 0 Å². The molecule has 1 atom stereocenters. The number of aliphatic imine (C=N–C) groups is 1. The van der Waals surface area contributed by atoms with Gasteiger partial charge in [-0.15, -0.1) is 0 Å². The molecule has 1 saturated heterocycles. The second-order valence-corrected chi connectivity index (χ2v) is 8.30. The van der Waals surface area contributed by atoms with E-state index in [1.54, 1.807) is 30.3 Å². The first-order chi connectivity index (χ1) is 15.5. The highest BCUT2D eigenvalue weighted by molar-refractivity contribution is 7.81. The van der Waals surface area contributed by atoms with E-state index in [0.29, 0.717) is 33.1 Å². The summed E-state index contributed by atoms with van der Waals surface area (Å²) in [6.07, 6.45) is -1.89. The zero-order valence-corrected chi connectivity index (χ0v) is 18.8. The van der Waals surface area contributed by atoms with Crippen LogP contribution in [0.1, 0.15) is 12.0 Å². The lowest BCUT2D eigenvalue weighted by Gasteiger charge is -2.15. The first kappa shape index (κ1) is 24.7. The molecule has 3 N–H and O–H groups in total. The van der Waals surface area contributed by atoms with Gasteiger partial charge in [0.15, 0.2) is 0 Å². The van der Waals surface area contributed by atoms with E-state index in [2.05, 4.69) is 10.3 Å². The number of benzene rings is 1. The largest absolute Gasteiger partial charge is 0.442 e. The highest BCUT2D eigenvalue weighted by Crippen LogP contribution is 2.23. The molecule has 1 fully saturated rings. The Labute approximate surface area is 198 Å². The summed E-state index contributed by atoms with van der Waals surface area (Å²) in [5.74, 6) is -0.532. The molecule has 0 saturated carbocycles. The summed E-state index contributed by atoms with van der Waals surface area (Å²) in [6.45, 7) is -1.04. The molecule has 33 heavy (non-hydrogen) atoms. The van der Waals surface area contributed by atoms with Crippen molar-refractivity contribution >= 4 is 52.2 Å². The number of nitrogens with one attached hydrogen (secondary N) is 1. The van der Waals surface area contributed by atoms with Crippen LogP contribution in [-0.4, -0.2) is 54.6 Å². The Balaban J connectivity index is 1.54. The Morgan fingerprint density at radius 3 is 2.70 bits per heavy atom. The fourth-order valence-corrected chi connectivity index (χ4v) is 3.58. The molecule has 176 valence electrons. The number of ether oxygens (including phenoxy) is 1. The van der Waals surface area contributed by atoms with Crippen molar-refractivity contribution in [2.24, 2.45) is 10.7 Å². The van der Waals surface area contributed by atoms with Crippen molar-refractivity contribution in [1.82, 2.24) is 5.32 Å². The number of nitrogens with two attached hydrogens (primary N) is 1. The molecule has 0 bridgehead atoms. The average molecular weight is 501 g/mol. The molecule has 7 nitrogen and oxygen atoms in total. The highest BCUT2D eigenvalue weighted by atomic mass is 35.5. The van der Waals surface area contributed by atoms with Gasteiger partial charge in [-0.25, -0.2) is 4.79 Å². The number of hydrogen-bond donors (Lipinski definition) is 2. The van der Waals surface area contributed by atoms with Crippen LogP contribution in [0.25, 0.3) is 0 Å². The number of allylic oxidation sites excluding steroid dienone is 3. The Morgan fingerprint density at radius 1 is 1.33 bits per heavy atom. The average Bonchev–Trinajstić information content (AvgIpc) is 3.13. The lowest BCUT2D eigenvalue weighted by molar-refractivity contribution is -0.118. The Bertz CT molecular complexity index is 1040. The number of carbonyl (C=O) groups is 2. The van der Waals surface area contributed by atoms with Gasteiger partial charge in [-0.05, 0) is 23.8 Å². The van der Waals surface area contributed by atoms with Gasteiger partial charge < -0.3 is 15.8 Å². The van der Waals surface area contributed by atoms with Crippen molar-refractivity contribution < 1.29 is 27.5 Å². The zero-order valence-electron chi connectivity index (χ0n) is 17.2. The number of halogens is 4. The van der Waals surface area contributed by atoms with Crippen molar-refractivity contribution in [3.63, 3.8) is 0 Å². The Kier molecular flexibility index (Phi) is 7.75. The van der Waals surface area contributed by atoms with Gasteiger partial charge in [0, 0.05) is 28.4 Å². The van der Waals surface area contributed by atoms with Gasteiger partial charge >= 0.3 is 12.3 Å². The van der Waals surface area contributed by atoms with Crippen LogP contribution in [0.15, 0.2) is 52.0 Å². The predicted octanol–water partition coefficient (Wildman–Crippen LogP) is 3.41. The summed E-state index contributed by atoms with van der Waals surface area (Å²) in [5.41, 5.74) is 7.04. The molecular formula is C21H20ClF3N4O3S. The van der Waals surface area contributed by atoms with Gasteiger partial charge in [0.2, 0.25) is 0 Å². The number of nitrogens with zero attached hydrogens (tertiary/aromatic N) is 2. The fraction of sp³-hybridized carbons (Fsp3) is 0.333. The second-order valence-electron chi connectivity index (χ2n) is 7.37. The molecular weight excluding hydrogens is 481 g/mol. The van der Waals surface area contributed by atoms with E-state index in [1.807, 2.05) is 0 Å². The molecule has 0 radical (unpaired) electrons. The quantitative estimate of drug-likeness (QED) is 0.340. The van der Waals surface area contributed by atoms with Gasteiger partial charge in [-0.2, -0.15) is 13.2 Å². The van der Waals surface area contributed by atoms with Gasteiger partial charge in [0.1, 0.15) is 12.6 Å². The van der Waals surface area contributed by atoms with E-state index in [-0.39, 0.29) is 25.3 Å². The molecule has 0 aromatic heterocycles. The number of carbonyl (C=O) groups excluding carboxylic acids is 2. The van der Waals surface area contributed by atoms with Crippen LogP contribution in [0.5, 0.6) is 0 Å². The van der Waals surface area contributed by atoms with Crippen LogP contribution < -0.4 is 16.0 Å². The SMILES string of the molecule is NC(Cc1ccc(N2CC(CNC(=O)C3=CC(Cl)=CCC3=S)OC2=O)cc1)=NCC(F)(F)F. The summed E-state index contributed by atoms with van der Waals surface area (Å²) in [7, 11) is 0. The van der Waals surface area contributed by atoms with E-state index < -0.39 is 30.8 Å². The number of anilines is 1. The molecule has 0 spiro atoms. The van der Waals surface area contributed by atoms with Crippen LogP contribution in [0.4, 0.5) is 23.7 Å². The van der Waals surface area contributed by atoms with Crippen LogP contribution >= 0.6 is 23.8 Å². The summed E-state index contributed by atoms with van der Waals surface area (Å²) in [5, 5.41) is 3.13. The van der Waals surface area contributed by atoms with Crippen LogP contribution in [0.3, 0.4) is 0 Å². The van der Waals surface area contributed by atoms with E-state index in [9.17, 15) is 22.8 Å². The monoisotopic (exact) mass is 500 g/mol. The van der Waals surface area contributed by atoms with Gasteiger partial charge in [0.25, 0.3) is 5.91 Å². The summed E-state index contributed by atoms with van der Waals surface area (Å²) in [4.78, 5) is 29.8. The highest BCUT2D eigenvalue weighted by Gasteiger charge is 2.33. The maximum absolute atomic E-state index is 12.4. The standard InChI is InChI=1S/C21H20ClF3N4O3S/c22-13-3-6-17(33)16(8-13)19(30)27-9-15-10-29(20(31)32-15)14-4-1-12(2-5-14)7-18(26)28-11-21(23,24)25/h1-5,8,15H,6-7,9-11H2,(H2,26,28)(H,27,30). The molecule has 1 aromatic rings. The molecule has 3 rings (SSSR count). The number of hydrogen-bond acceptors (Lipinski definition) is 5. The third kappa shape index (κ3) is 7.03. The number of thiocarbonyl (C=S) groups is 1.